The fourth-order valence-corrected chi connectivity index (χ4v) is 4.47. The topological polar surface area (TPSA) is 135 Å². The van der Waals surface area contributed by atoms with Gasteiger partial charge in [0.2, 0.25) is 0 Å². The van der Waals surface area contributed by atoms with Crippen LogP contribution in [0.1, 0.15) is 40.4 Å². The molecule has 1 atom stereocenters. The van der Waals surface area contributed by atoms with Crippen LogP contribution in [0.5, 0.6) is 0 Å². The lowest BCUT2D eigenvalue weighted by molar-refractivity contribution is 0.102. The number of hydrogen-bond donors (Lipinski definition) is 3. The molecule has 0 spiro atoms. The summed E-state index contributed by atoms with van der Waals surface area (Å²) in [7, 11) is 0. The standard InChI is InChI=1S/C25H24N8O/c1-15-11-16(25(34)31-20-6-2-3-10-29-20)7-8-19(15)22-21-23(17(12-26)13-30-24(21)27)33(32-22)18-5-4-9-28-14-18/h2-3,6-8,10-11,13,18,28H,4-5,9,14H2,1H3,(H2,27,30)(H,29,31,34). The number of carbonyl (C=O) groups excluding carboxylic acids is 1. The van der Waals surface area contributed by atoms with E-state index >= 15 is 0 Å². The summed E-state index contributed by atoms with van der Waals surface area (Å²) in [4.78, 5) is 21.1. The van der Waals surface area contributed by atoms with Crippen molar-refractivity contribution in [2.24, 2.45) is 0 Å². The van der Waals surface area contributed by atoms with E-state index in [2.05, 4.69) is 26.7 Å². The second-order valence-electron chi connectivity index (χ2n) is 8.38. The van der Waals surface area contributed by atoms with Gasteiger partial charge in [-0.25, -0.2) is 9.97 Å². The molecule has 4 N–H and O–H groups in total. The number of benzene rings is 1. The van der Waals surface area contributed by atoms with Crippen molar-refractivity contribution in [1.29, 1.82) is 5.26 Å². The number of amides is 1. The molecule has 1 aliphatic rings. The summed E-state index contributed by atoms with van der Waals surface area (Å²) in [5.74, 6) is 0.572. The van der Waals surface area contributed by atoms with Crippen LogP contribution >= 0.6 is 0 Å². The molecule has 170 valence electrons. The van der Waals surface area contributed by atoms with Gasteiger partial charge in [-0.1, -0.05) is 12.1 Å². The van der Waals surface area contributed by atoms with E-state index in [1.807, 2.05) is 29.8 Å². The molecular formula is C25H24N8O. The van der Waals surface area contributed by atoms with E-state index in [0.29, 0.717) is 39.4 Å². The van der Waals surface area contributed by atoms with Crippen molar-refractivity contribution in [3.8, 4) is 17.3 Å². The molecule has 1 aromatic carbocycles. The van der Waals surface area contributed by atoms with E-state index < -0.39 is 0 Å². The van der Waals surface area contributed by atoms with Crippen LogP contribution < -0.4 is 16.4 Å². The van der Waals surface area contributed by atoms with Crippen molar-refractivity contribution in [3.63, 3.8) is 0 Å². The molecule has 1 saturated heterocycles. The number of nitrogens with one attached hydrogen (secondary N) is 2. The molecule has 1 fully saturated rings. The summed E-state index contributed by atoms with van der Waals surface area (Å²) in [6.45, 7) is 3.67. The van der Waals surface area contributed by atoms with Gasteiger partial charge in [-0.05, 0) is 56.1 Å². The maximum absolute atomic E-state index is 12.7. The third kappa shape index (κ3) is 3.84. The molecule has 0 saturated carbocycles. The molecule has 0 bridgehead atoms. The molecule has 4 aromatic rings. The number of anilines is 2. The summed E-state index contributed by atoms with van der Waals surface area (Å²) in [6, 6.07) is 13.1. The Morgan fingerprint density at radius 1 is 1.29 bits per heavy atom. The first-order valence-corrected chi connectivity index (χ1v) is 11.2. The third-order valence-electron chi connectivity index (χ3n) is 6.14. The maximum Gasteiger partial charge on any atom is 0.256 e. The molecule has 4 heterocycles. The summed E-state index contributed by atoms with van der Waals surface area (Å²) in [5.41, 5.74) is 10.3. The van der Waals surface area contributed by atoms with E-state index in [4.69, 9.17) is 10.8 Å². The van der Waals surface area contributed by atoms with Gasteiger partial charge in [0.05, 0.1) is 22.5 Å². The highest BCUT2D eigenvalue weighted by Gasteiger charge is 2.25. The number of nitriles is 1. The minimum absolute atomic E-state index is 0.114. The third-order valence-corrected chi connectivity index (χ3v) is 6.14. The van der Waals surface area contributed by atoms with Gasteiger partial charge in [-0.3, -0.25) is 9.48 Å². The molecule has 1 aliphatic heterocycles. The van der Waals surface area contributed by atoms with E-state index in [0.717, 1.165) is 37.1 Å². The van der Waals surface area contributed by atoms with Crippen LogP contribution in [0.25, 0.3) is 22.2 Å². The van der Waals surface area contributed by atoms with E-state index in [1.54, 1.807) is 24.4 Å². The van der Waals surface area contributed by atoms with Gasteiger partial charge < -0.3 is 16.4 Å². The maximum atomic E-state index is 12.7. The number of carbonyl (C=O) groups is 1. The Balaban J connectivity index is 1.59. The highest BCUT2D eigenvalue weighted by Crippen LogP contribution is 2.37. The van der Waals surface area contributed by atoms with Gasteiger partial charge in [0.1, 0.15) is 23.4 Å². The second-order valence-corrected chi connectivity index (χ2v) is 8.38. The number of rotatable bonds is 4. The number of fused-ring (bicyclic) bond motifs is 1. The summed E-state index contributed by atoms with van der Waals surface area (Å²) < 4.78 is 1.93. The van der Waals surface area contributed by atoms with Crippen LogP contribution in [-0.2, 0) is 0 Å². The van der Waals surface area contributed by atoms with Gasteiger partial charge >= 0.3 is 0 Å². The number of nitrogens with zero attached hydrogens (tertiary/aromatic N) is 5. The molecule has 5 rings (SSSR count). The van der Waals surface area contributed by atoms with Gasteiger partial charge in [0.25, 0.3) is 5.91 Å². The second kappa shape index (κ2) is 8.92. The van der Waals surface area contributed by atoms with Gasteiger partial charge in [-0.2, -0.15) is 10.4 Å². The molecule has 1 unspecified atom stereocenters. The summed E-state index contributed by atoms with van der Waals surface area (Å²) in [6.07, 6.45) is 5.12. The molecule has 34 heavy (non-hydrogen) atoms. The van der Waals surface area contributed by atoms with Crippen LogP contribution in [0, 0.1) is 18.3 Å². The van der Waals surface area contributed by atoms with Crippen LogP contribution in [0.3, 0.4) is 0 Å². The Labute approximate surface area is 196 Å². The molecular weight excluding hydrogens is 428 g/mol. The number of hydrogen-bond acceptors (Lipinski definition) is 7. The zero-order chi connectivity index (χ0) is 23.7. The summed E-state index contributed by atoms with van der Waals surface area (Å²) in [5, 5.41) is 21.6. The Bertz CT molecular complexity index is 1410. The van der Waals surface area contributed by atoms with Crippen molar-refractivity contribution >= 4 is 28.4 Å². The van der Waals surface area contributed by atoms with Crippen molar-refractivity contribution < 1.29 is 4.79 Å². The number of nitrogen functional groups attached to an aromatic ring is 1. The van der Waals surface area contributed by atoms with Crippen LogP contribution in [0.4, 0.5) is 11.6 Å². The van der Waals surface area contributed by atoms with Gasteiger partial charge in [0, 0.05) is 30.1 Å². The van der Waals surface area contributed by atoms with Crippen LogP contribution in [0.15, 0.2) is 48.8 Å². The molecule has 1 amide bonds. The molecule has 9 nitrogen and oxygen atoms in total. The smallest absolute Gasteiger partial charge is 0.256 e. The highest BCUT2D eigenvalue weighted by molar-refractivity contribution is 6.06. The van der Waals surface area contributed by atoms with Crippen molar-refractivity contribution in [3.05, 3.63) is 65.5 Å². The predicted octanol–water partition coefficient (Wildman–Crippen LogP) is 3.43. The monoisotopic (exact) mass is 452 g/mol. The van der Waals surface area contributed by atoms with Gasteiger partial charge in [-0.15, -0.1) is 0 Å². The number of pyridine rings is 2. The average Bonchev–Trinajstić information content (AvgIpc) is 3.27. The first-order valence-electron chi connectivity index (χ1n) is 11.2. The lowest BCUT2D eigenvalue weighted by Gasteiger charge is -2.24. The van der Waals surface area contributed by atoms with E-state index in [-0.39, 0.29) is 11.9 Å². The molecule has 3 aromatic heterocycles. The number of aryl methyl sites for hydroxylation is 1. The fourth-order valence-electron chi connectivity index (χ4n) is 4.47. The zero-order valence-electron chi connectivity index (χ0n) is 18.7. The van der Waals surface area contributed by atoms with Crippen LogP contribution in [0.2, 0.25) is 0 Å². The Hall–Kier alpha value is -4.29. The molecule has 0 radical (unpaired) electrons. The SMILES string of the molecule is Cc1cc(C(=O)Nc2ccccn2)ccc1-c1nn(C2CCCNC2)c2c(C#N)cnc(N)c12. The lowest BCUT2D eigenvalue weighted by atomic mass is 9.99. The minimum Gasteiger partial charge on any atom is -0.383 e. The largest absolute Gasteiger partial charge is 0.383 e. The highest BCUT2D eigenvalue weighted by atomic mass is 16.1. The quantitative estimate of drug-likeness (QED) is 0.432. The predicted molar refractivity (Wildman–Crippen MR) is 130 cm³/mol. The number of nitrogens with two attached hydrogens (primary N) is 1. The fraction of sp³-hybridized carbons (Fsp3) is 0.240. The first-order chi connectivity index (χ1) is 16.6. The van der Waals surface area contributed by atoms with Crippen molar-refractivity contribution in [2.45, 2.75) is 25.8 Å². The Morgan fingerprint density at radius 2 is 2.18 bits per heavy atom. The first kappa shape index (κ1) is 21.6. The lowest BCUT2D eigenvalue weighted by Crippen LogP contribution is -2.32. The molecule has 9 heteroatoms. The van der Waals surface area contributed by atoms with Crippen molar-refractivity contribution in [1.82, 2.24) is 25.1 Å². The minimum atomic E-state index is -0.245. The average molecular weight is 453 g/mol. The normalized spacial score (nSPS) is 15.7. The number of aromatic nitrogens is 4. The Kier molecular flexibility index (Phi) is 5.65. The number of piperidine rings is 1. The van der Waals surface area contributed by atoms with Gasteiger partial charge in [0.15, 0.2) is 0 Å². The molecule has 0 aliphatic carbocycles. The summed E-state index contributed by atoms with van der Waals surface area (Å²) >= 11 is 0. The van der Waals surface area contributed by atoms with Crippen molar-refractivity contribution in [2.75, 3.05) is 24.1 Å². The van der Waals surface area contributed by atoms with Crippen LogP contribution in [-0.4, -0.2) is 38.7 Å². The van der Waals surface area contributed by atoms with E-state index in [1.165, 1.54) is 6.20 Å². The Morgan fingerprint density at radius 3 is 2.88 bits per heavy atom. The van der Waals surface area contributed by atoms with E-state index in [9.17, 15) is 10.1 Å². The zero-order valence-corrected chi connectivity index (χ0v) is 18.7.